The molecule has 0 atom stereocenters. The summed E-state index contributed by atoms with van der Waals surface area (Å²) in [5, 5.41) is 9.15. The number of hydrogen-bond acceptors (Lipinski definition) is 1. The molecule has 0 radical (unpaired) electrons. The van der Waals surface area contributed by atoms with Crippen LogP contribution in [0, 0.1) is 5.41 Å². The molecule has 0 saturated heterocycles. The predicted octanol–water partition coefficient (Wildman–Crippen LogP) is 3.93. The summed E-state index contributed by atoms with van der Waals surface area (Å²) >= 11 is 5.86. The third kappa shape index (κ3) is 3.40. The van der Waals surface area contributed by atoms with Crippen molar-refractivity contribution in [1.29, 1.82) is 0 Å². The molecule has 94 valence electrons. The Bertz CT molecular complexity index is 431. The van der Waals surface area contributed by atoms with Gasteiger partial charge >= 0.3 is 5.97 Å². The van der Waals surface area contributed by atoms with E-state index in [2.05, 4.69) is 0 Å². The van der Waals surface area contributed by atoms with Gasteiger partial charge in [0.15, 0.2) is 0 Å². The maximum absolute atomic E-state index is 12.4. The number of carboxylic acid groups (broad SMARTS) is 1. The number of carboxylic acids is 1. The van der Waals surface area contributed by atoms with Crippen LogP contribution in [-0.4, -0.2) is 11.1 Å². The van der Waals surface area contributed by atoms with E-state index in [0.717, 1.165) is 0 Å². The van der Waals surface area contributed by atoms with E-state index in [0.29, 0.717) is 5.56 Å². The second-order valence-electron chi connectivity index (χ2n) is 4.52. The summed E-state index contributed by atoms with van der Waals surface area (Å²) in [6.07, 6.45) is -2.38. The summed E-state index contributed by atoms with van der Waals surface area (Å²) in [5.74, 6) is -0.952. The lowest BCUT2D eigenvalue weighted by Crippen LogP contribution is -2.26. The van der Waals surface area contributed by atoms with Gasteiger partial charge in [0.25, 0.3) is 6.43 Å². The summed E-state index contributed by atoms with van der Waals surface area (Å²) < 4.78 is 24.8. The van der Waals surface area contributed by atoms with E-state index in [9.17, 15) is 13.6 Å². The molecule has 0 saturated carbocycles. The molecule has 0 aliphatic rings. The SMILES string of the molecule is CC(C)(Cc1ccc(C(F)F)cc1Cl)C(=O)O. The molecule has 0 aliphatic heterocycles. The van der Waals surface area contributed by atoms with Crippen LogP contribution in [-0.2, 0) is 11.2 Å². The Balaban J connectivity index is 2.98. The average molecular weight is 263 g/mol. The highest BCUT2D eigenvalue weighted by atomic mass is 35.5. The van der Waals surface area contributed by atoms with Gasteiger partial charge in [-0.3, -0.25) is 4.79 Å². The van der Waals surface area contributed by atoms with Gasteiger partial charge in [-0.05, 0) is 31.9 Å². The second-order valence-corrected chi connectivity index (χ2v) is 4.92. The first-order valence-electron chi connectivity index (χ1n) is 5.04. The highest BCUT2D eigenvalue weighted by Gasteiger charge is 2.28. The van der Waals surface area contributed by atoms with Crippen LogP contribution in [0.15, 0.2) is 18.2 Å². The van der Waals surface area contributed by atoms with Gasteiger partial charge in [0.05, 0.1) is 5.41 Å². The first-order valence-corrected chi connectivity index (χ1v) is 5.41. The van der Waals surface area contributed by atoms with Crippen LogP contribution in [0.25, 0.3) is 0 Å². The minimum Gasteiger partial charge on any atom is -0.481 e. The summed E-state index contributed by atoms with van der Waals surface area (Å²) in [4.78, 5) is 10.9. The number of halogens is 3. The van der Waals surface area contributed by atoms with Gasteiger partial charge in [0, 0.05) is 10.6 Å². The van der Waals surface area contributed by atoms with Crippen molar-refractivity contribution in [2.45, 2.75) is 26.7 Å². The number of carbonyl (C=O) groups is 1. The van der Waals surface area contributed by atoms with Crippen molar-refractivity contribution in [2.24, 2.45) is 5.41 Å². The van der Waals surface area contributed by atoms with Crippen LogP contribution in [0.2, 0.25) is 5.02 Å². The van der Waals surface area contributed by atoms with Crippen molar-refractivity contribution >= 4 is 17.6 Å². The van der Waals surface area contributed by atoms with Crippen molar-refractivity contribution in [1.82, 2.24) is 0 Å². The Labute approximate surface area is 103 Å². The number of aliphatic carboxylic acids is 1. The van der Waals surface area contributed by atoms with Crippen LogP contribution < -0.4 is 0 Å². The molecule has 1 aromatic rings. The van der Waals surface area contributed by atoms with Crippen molar-refractivity contribution in [3.8, 4) is 0 Å². The third-order valence-corrected chi connectivity index (χ3v) is 2.89. The Morgan fingerprint density at radius 3 is 2.47 bits per heavy atom. The van der Waals surface area contributed by atoms with Crippen LogP contribution in [0.1, 0.15) is 31.4 Å². The van der Waals surface area contributed by atoms with Crippen molar-refractivity contribution in [2.75, 3.05) is 0 Å². The molecule has 0 heterocycles. The summed E-state index contributed by atoms with van der Waals surface area (Å²) in [7, 11) is 0. The lowest BCUT2D eigenvalue weighted by Gasteiger charge is -2.19. The van der Waals surface area contributed by atoms with Gasteiger partial charge in [-0.2, -0.15) is 0 Å². The van der Waals surface area contributed by atoms with Crippen LogP contribution >= 0.6 is 11.6 Å². The number of rotatable bonds is 4. The summed E-state index contributed by atoms with van der Waals surface area (Å²) in [6, 6.07) is 3.90. The number of alkyl halides is 2. The van der Waals surface area contributed by atoms with Crippen LogP contribution in [0.3, 0.4) is 0 Å². The highest BCUT2D eigenvalue weighted by molar-refractivity contribution is 6.31. The van der Waals surface area contributed by atoms with Crippen LogP contribution in [0.5, 0.6) is 0 Å². The molecular formula is C12H13ClF2O2. The first-order chi connectivity index (χ1) is 7.74. The summed E-state index contributed by atoms with van der Waals surface area (Å²) in [6.45, 7) is 3.12. The molecular weight excluding hydrogens is 250 g/mol. The maximum Gasteiger partial charge on any atom is 0.309 e. The fourth-order valence-electron chi connectivity index (χ4n) is 1.39. The van der Waals surface area contributed by atoms with Gasteiger partial charge in [-0.1, -0.05) is 23.7 Å². The molecule has 0 aromatic heterocycles. The predicted molar refractivity (Wildman–Crippen MR) is 61.5 cm³/mol. The van der Waals surface area contributed by atoms with Gasteiger partial charge in [0.1, 0.15) is 0 Å². The molecule has 1 aromatic carbocycles. The molecule has 1 N–H and O–H groups in total. The minimum absolute atomic E-state index is 0.160. The Morgan fingerprint density at radius 2 is 2.06 bits per heavy atom. The molecule has 17 heavy (non-hydrogen) atoms. The van der Waals surface area contributed by atoms with Gasteiger partial charge in [-0.25, -0.2) is 8.78 Å². The van der Waals surface area contributed by atoms with Gasteiger partial charge < -0.3 is 5.11 Å². The Kier molecular flexibility index (Phi) is 4.09. The van der Waals surface area contributed by atoms with Crippen molar-refractivity contribution in [3.63, 3.8) is 0 Å². The van der Waals surface area contributed by atoms with E-state index in [1.54, 1.807) is 13.8 Å². The topological polar surface area (TPSA) is 37.3 Å². The zero-order chi connectivity index (χ0) is 13.2. The average Bonchev–Trinajstić information content (AvgIpc) is 2.20. The Hall–Kier alpha value is -1.16. The van der Waals surface area contributed by atoms with E-state index >= 15 is 0 Å². The monoisotopic (exact) mass is 262 g/mol. The first kappa shape index (κ1) is 13.9. The maximum atomic E-state index is 12.4. The Morgan fingerprint density at radius 1 is 1.47 bits per heavy atom. The van der Waals surface area contributed by atoms with Gasteiger partial charge in [0.2, 0.25) is 0 Å². The summed E-state index contributed by atoms with van der Waals surface area (Å²) in [5.41, 5.74) is -0.578. The number of benzene rings is 1. The molecule has 0 bridgehead atoms. The smallest absolute Gasteiger partial charge is 0.309 e. The zero-order valence-electron chi connectivity index (χ0n) is 9.51. The fourth-order valence-corrected chi connectivity index (χ4v) is 1.65. The molecule has 0 unspecified atom stereocenters. The molecule has 2 nitrogen and oxygen atoms in total. The van der Waals surface area contributed by atoms with E-state index in [1.165, 1.54) is 18.2 Å². The molecule has 0 amide bonds. The zero-order valence-corrected chi connectivity index (χ0v) is 10.3. The lowest BCUT2D eigenvalue weighted by atomic mass is 9.86. The quantitative estimate of drug-likeness (QED) is 0.893. The van der Waals surface area contributed by atoms with E-state index < -0.39 is 17.8 Å². The van der Waals surface area contributed by atoms with Crippen molar-refractivity contribution in [3.05, 3.63) is 34.3 Å². The lowest BCUT2D eigenvalue weighted by molar-refractivity contribution is -0.146. The molecule has 1 rings (SSSR count). The minimum atomic E-state index is -2.57. The normalized spacial score (nSPS) is 11.9. The fraction of sp³-hybridized carbons (Fsp3) is 0.417. The number of hydrogen-bond donors (Lipinski definition) is 1. The van der Waals surface area contributed by atoms with Crippen molar-refractivity contribution < 1.29 is 18.7 Å². The largest absolute Gasteiger partial charge is 0.481 e. The molecule has 0 aliphatic carbocycles. The molecule has 0 fully saturated rings. The highest BCUT2D eigenvalue weighted by Crippen LogP contribution is 2.30. The second kappa shape index (κ2) is 5.00. The van der Waals surface area contributed by atoms with Crippen LogP contribution in [0.4, 0.5) is 8.78 Å². The van der Waals surface area contributed by atoms with E-state index in [-0.39, 0.29) is 17.0 Å². The van der Waals surface area contributed by atoms with E-state index in [1.807, 2.05) is 0 Å². The third-order valence-electron chi connectivity index (χ3n) is 2.54. The molecule has 5 heteroatoms. The van der Waals surface area contributed by atoms with E-state index in [4.69, 9.17) is 16.7 Å². The standard InChI is InChI=1S/C12H13ClF2O2/c1-12(2,11(16)17)6-8-4-3-7(10(14)15)5-9(8)13/h3-5,10H,6H2,1-2H3,(H,16,17). The van der Waals surface area contributed by atoms with Gasteiger partial charge in [-0.15, -0.1) is 0 Å². The molecule has 0 spiro atoms.